The number of rotatable bonds is 8. The summed E-state index contributed by atoms with van der Waals surface area (Å²) >= 11 is 0. The van der Waals surface area contributed by atoms with Crippen LogP contribution in [-0.2, 0) is 30.8 Å². The Balaban J connectivity index is 1.75. The summed E-state index contributed by atoms with van der Waals surface area (Å²) in [5.41, 5.74) is 2.93. The van der Waals surface area contributed by atoms with Gasteiger partial charge >= 0.3 is 18.0 Å². The molecule has 0 bridgehead atoms. The molecule has 34 heavy (non-hydrogen) atoms. The van der Waals surface area contributed by atoms with Gasteiger partial charge in [-0.2, -0.15) is 0 Å². The van der Waals surface area contributed by atoms with Crippen LogP contribution in [0.25, 0.3) is 0 Å². The number of primary sulfonamides is 1. The lowest BCUT2D eigenvalue weighted by Gasteiger charge is -2.21. The Kier molecular flexibility index (Phi) is 7.42. The van der Waals surface area contributed by atoms with E-state index in [0.29, 0.717) is 17.8 Å². The molecule has 0 aliphatic carbocycles. The number of hydrogen-bond acceptors (Lipinski definition) is 7. The van der Waals surface area contributed by atoms with Crippen molar-refractivity contribution in [1.29, 1.82) is 0 Å². The van der Waals surface area contributed by atoms with E-state index in [1.807, 2.05) is 11.5 Å². The minimum absolute atomic E-state index is 0.0166. The Labute approximate surface area is 197 Å². The SMILES string of the molecule is CCOC(=O)C1=C(COC(=O)c2cc(C)n(Cc3ccc(S(N)(=O)=O)cc3)c2C)NC(=O)NC1. The van der Waals surface area contributed by atoms with E-state index in [1.54, 1.807) is 32.0 Å². The third-order valence-corrected chi connectivity index (χ3v) is 6.24. The van der Waals surface area contributed by atoms with E-state index in [4.69, 9.17) is 14.6 Å². The first-order valence-corrected chi connectivity index (χ1v) is 12.0. The van der Waals surface area contributed by atoms with Crippen molar-refractivity contribution in [3.63, 3.8) is 0 Å². The number of urea groups is 1. The summed E-state index contributed by atoms with van der Waals surface area (Å²) in [6, 6.07) is 7.33. The van der Waals surface area contributed by atoms with Crippen LogP contribution in [0.5, 0.6) is 0 Å². The van der Waals surface area contributed by atoms with Crippen molar-refractivity contribution in [1.82, 2.24) is 15.2 Å². The lowest BCUT2D eigenvalue weighted by Crippen LogP contribution is -2.45. The molecule has 0 radical (unpaired) electrons. The molecule has 0 saturated heterocycles. The van der Waals surface area contributed by atoms with Gasteiger partial charge in [0.15, 0.2) is 0 Å². The van der Waals surface area contributed by atoms with Crippen LogP contribution in [0.3, 0.4) is 0 Å². The Hall–Kier alpha value is -3.64. The molecule has 2 aromatic rings. The molecule has 1 aromatic carbocycles. The number of ether oxygens (including phenoxy) is 2. The van der Waals surface area contributed by atoms with E-state index in [9.17, 15) is 22.8 Å². The Bertz CT molecular complexity index is 1260. The van der Waals surface area contributed by atoms with Crippen LogP contribution in [0, 0.1) is 13.8 Å². The highest BCUT2D eigenvalue weighted by molar-refractivity contribution is 7.89. The first-order valence-electron chi connectivity index (χ1n) is 10.4. The zero-order chi connectivity index (χ0) is 25.0. The number of sulfonamides is 1. The molecule has 12 heteroatoms. The Morgan fingerprint density at radius 3 is 2.41 bits per heavy atom. The quantitative estimate of drug-likeness (QED) is 0.467. The van der Waals surface area contributed by atoms with Crippen LogP contribution < -0.4 is 15.8 Å². The molecule has 1 aliphatic heterocycles. The van der Waals surface area contributed by atoms with E-state index in [-0.39, 0.29) is 35.9 Å². The lowest BCUT2D eigenvalue weighted by atomic mass is 10.1. The summed E-state index contributed by atoms with van der Waals surface area (Å²) in [7, 11) is -3.78. The largest absolute Gasteiger partial charge is 0.463 e. The summed E-state index contributed by atoms with van der Waals surface area (Å²) in [5, 5.41) is 10.1. The minimum atomic E-state index is -3.78. The molecule has 0 atom stereocenters. The molecular formula is C22H26N4O7S. The minimum Gasteiger partial charge on any atom is -0.463 e. The maximum atomic E-state index is 12.8. The maximum Gasteiger partial charge on any atom is 0.340 e. The van der Waals surface area contributed by atoms with Gasteiger partial charge in [-0.15, -0.1) is 0 Å². The van der Waals surface area contributed by atoms with Gasteiger partial charge in [0, 0.05) is 17.9 Å². The molecule has 0 unspecified atom stereocenters. The molecule has 11 nitrogen and oxygen atoms in total. The molecule has 2 amide bonds. The van der Waals surface area contributed by atoms with Crippen molar-refractivity contribution in [2.75, 3.05) is 19.8 Å². The fraction of sp³-hybridized carbons (Fsp3) is 0.318. The molecule has 3 rings (SSSR count). The zero-order valence-electron chi connectivity index (χ0n) is 19.0. The Morgan fingerprint density at radius 1 is 1.12 bits per heavy atom. The number of nitrogens with one attached hydrogen (secondary N) is 2. The Morgan fingerprint density at radius 2 is 1.79 bits per heavy atom. The average Bonchev–Trinajstić information content (AvgIpc) is 3.06. The smallest absolute Gasteiger partial charge is 0.340 e. The fourth-order valence-electron chi connectivity index (χ4n) is 3.50. The van der Waals surface area contributed by atoms with Crippen molar-refractivity contribution in [3.8, 4) is 0 Å². The topological polar surface area (TPSA) is 159 Å². The fourth-order valence-corrected chi connectivity index (χ4v) is 4.02. The molecular weight excluding hydrogens is 464 g/mol. The molecule has 1 aromatic heterocycles. The second-order valence-electron chi connectivity index (χ2n) is 7.62. The highest BCUT2D eigenvalue weighted by atomic mass is 32.2. The third-order valence-electron chi connectivity index (χ3n) is 5.31. The second-order valence-corrected chi connectivity index (χ2v) is 9.18. The van der Waals surface area contributed by atoms with Crippen LogP contribution >= 0.6 is 0 Å². The van der Waals surface area contributed by atoms with Crippen molar-refractivity contribution < 1.29 is 32.3 Å². The van der Waals surface area contributed by atoms with Crippen molar-refractivity contribution >= 4 is 28.0 Å². The van der Waals surface area contributed by atoms with Crippen LogP contribution in [0.15, 0.2) is 46.5 Å². The number of nitrogens with zero attached hydrogens (tertiary/aromatic N) is 1. The van der Waals surface area contributed by atoms with Gasteiger partial charge in [0.05, 0.1) is 34.9 Å². The highest BCUT2D eigenvalue weighted by Gasteiger charge is 2.25. The normalized spacial score (nSPS) is 13.8. The zero-order valence-corrected chi connectivity index (χ0v) is 19.8. The summed E-state index contributed by atoms with van der Waals surface area (Å²) < 4.78 is 35.1. The summed E-state index contributed by atoms with van der Waals surface area (Å²) in [6.45, 7) is 5.48. The predicted octanol–water partition coefficient (Wildman–Crippen LogP) is 1.09. The number of amides is 2. The third kappa shape index (κ3) is 5.64. The van der Waals surface area contributed by atoms with Crippen LogP contribution in [0.2, 0.25) is 0 Å². The summed E-state index contributed by atoms with van der Waals surface area (Å²) in [4.78, 5) is 36.6. The number of hydrogen-bond donors (Lipinski definition) is 3. The monoisotopic (exact) mass is 490 g/mol. The number of benzene rings is 1. The van der Waals surface area contributed by atoms with Crippen molar-refractivity contribution in [2.45, 2.75) is 32.2 Å². The molecule has 0 spiro atoms. The molecule has 182 valence electrons. The molecule has 0 fully saturated rings. The first-order chi connectivity index (χ1) is 16.0. The van der Waals surface area contributed by atoms with Gasteiger partial charge < -0.3 is 24.7 Å². The molecule has 2 heterocycles. The van der Waals surface area contributed by atoms with Gasteiger partial charge in [-0.05, 0) is 44.5 Å². The number of aromatic nitrogens is 1. The standard InChI is InChI=1S/C22H26N4O7S/c1-4-32-21(28)18-10-24-22(29)25-19(18)12-33-20(27)17-9-13(2)26(14(17)3)11-15-5-7-16(8-6-15)34(23,30)31/h5-9H,4,10-12H2,1-3H3,(H2,23,30,31)(H2,24,25,29). The number of carbonyl (C=O) groups is 3. The lowest BCUT2D eigenvalue weighted by molar-refractivity contribution is -0.138. The van der Waals surface area contributed by atoms with E-state index in [2.05, 4.69) is 10.6 Å². The highest BCUT2D eigenvalue weighted by Crippen LogP contribution is 2.20. The number of carbonyl (C=O) groups excluding carboxylic acids is 3. The van der Waals surface area contributed by atoms with Gasteiger partial charge in [0.25, 0.3) is 0 Å². The van der Waals surface area contributed by atoms with Gasteiger partial charge in [-0.3, -0.25) is 0 Å². The van der Waals surface area contributed by atoms with E-state index >= 15 is 0 Å². The summed E-state index contributed by atoms with van der Waals surface area (Å²) in [5.74, 6) is -1.22. The molecule has 0 saturated carbocycles. The first kappa shape index (κ1) is 25.0. The van der Waals surface area contributed by atoms with Crippen LogP contribution in [0.4, 0.5) is 4.79 Å². The maximum absolute atomic E-state index is 12.8. The number of aryl methyl sites for hydroxylation is 1. The van der Waals surface area contributed by atoms with Crippen molar-refractivity contribution in [2.24, 2.45) is 5.14 Å². The van der Waals surface area contributed by atoms with E-state index in [1.165, 1.54) is 12.1 Å². The van der Waals surface area contributed by atoms with Crippen LogP contribution in [0.1, 0.15) is 34.2 Å². The van der Waals surface area contributed by atoms with Crippen molar-refractivity contribution in [3.05, 3.63) is 64.1 Å². The van der Waals surface area contributed by atoms with Gasteiger partial charge in [-0.25, -0.2) is 27.9 Å². The van der Waals surface area contributed by atoms with Crippen LogP contribution in [-0.4, -0.2) is 50.7 Å². The summed E-state index contributed by atoms with van der Waals surface area (Å²) in [6.07, 6.45) is 0. The molecule has 4 N–H and O–H groups in total. The number of nitrogens with two attached hydrogens (primary N) is 1. The van der Waals surface area contributed by atoms with E-state index < -0.39 is 28.0 Å². The molecule has 1 aliphatic rings. The van der Waals surface area contributed by atoms with Gasteiger partial charge in [0.2, 0.25) is 10.0 Å². The van der Waals surface area contributed by atoms with Gasteiger partial charge in [0.1, 0.15) is 6.61 Å². The van der Waals surface area contributed by atoms with Gasteiger partial charge in [-0.1, -0.05) is 12.1 Å². The average molecular weight is 491 g/mol. The van der Waals surface area contributed by atoms with E-state index in [0.717, 1.165) is 11.3 Å². The number of esters is 2. The predicted molar refractivity (Wildman–Crippen MR) is 121 cm³/mol. The second kappa shape index (κ2) is 10.1.